The molecule has 0 saturated carbocycles. The van der Waals surface area contributed by atoms with E-state index in [1.54, 1.807) is 18.2 Å². The summed E-state index contributed by atoms with van der Waals surface area (Å²) < 4.78 is 0. The molecule has 0 rings (SSSR count). The van der Waals surface area contributed by atoms with E-state index in [0.29, 0.717) is 6.42 Å². The summed E-state index contributed by atoms with van der Waals surface area (Å²) >= 11 is 0. The maximum absolute atomic E-state index is 9.17. The van der Waals surface area contributed by atoms with Crippen LogP contribution >= 0.6 is 0 Å². The molecular weight excluding hydrogens is 124 g/mol. The molecule has 0 aromatic heterocycles. The fourth-order valence-electron chi connectivity index (χ4n) is 0.565. The molecule has 0 spiro atoms. The molecule has 10 heavy (non-hydrogen) atoms. The summed E-state index contributed by atoms with van der Waals surface area (Å²) in [7, 11) is 0. The molecule has 1 atom stereocenters. The Morgan fingerprint density at radius 3 is 2.70 bits per heavy atom. The van der Waals surface area contributed by atoms with Crippen molar-refractivity contribution in [1.29, 1.82) is 0 Å². The van der Waals surface area contributed by atoms with Gasteiger partial charge in [0.1, 0.15) is 0 Å². The average Bonchev–Trinajstić information content (AvgIpc) is 1.98. The number of aliphatic hydroxyl groups excluding tert-OH is 1. The molecule has 0 amide bonds. The molecule has 0 saturated heterocycles. The van der Waals surface area contributed by atoms with Gasteiger partial charge in [-0.25, -0.2) is 0 Å². The van der Waals surface area contributed by atoms with Gasteiger partial charge in [-0.3, -0.25) is 0 Å². The van der Waals surface area contributed by atoms with E-state index >= 15 is 0 Å². The number of aliphatic hydroxyl groups is 1. The Morgan fingerprint density at radius 1 is 1.70 bits per heavy atom. The third-order valence-electron chi connectivity index (χ3n) is 1.26. The Morgan fingerprint density at radius 2 is 2.30 bits per heavy atom. The Hall–Kier alpha value is -0.820. The van der Waals surface area contributed by atoms with Crippen molar-refractivity contribution < 1.29 is 5.11 Å². The van der Waals surface area contributed by atoms with Crippen molar-refractivity contribution in [2.75, 3.05) is 0 Å². The molecule has 0 aromatic carbocycles. The van der Waals surface area contributed by atoms with Gasteiger partial charge in [0.25, 0.3) is 0 Å². The highest BCUT2D eigenvalue weighted by atomic mass is 16.3. The molecule has 1 N–H and O–H groups in total. The minimum atomic E-state index is -0.406. The van der Waals surface area contributed by atoms with Gasteiger partial charge in [0.2, 0.25) is 0 Å². The second-order valence-corrected chi connectivity index (χ2v) is 2.09. The van der Waals surface area contributed by atoms with Crippen LogP contribution in [-0.4, -0.2) is 11.2 Å². The minimum Gasteiger partial charge on any atom is -0.388 e. The zero-order valence-corrected chi connectivity index (χ0v) is 6.38. The van der Waals surface area contributed by atoms with Gasteiger partial charge in [0.05, 0.1) is 6.10 Å². The first-order valence-corrected chi connectivity index (χ1v) is 3.38. The van der Waals surface area contributed by atoms with Crippen molar-refractivity contribution in [3.8, 4) is 0 Å². The van der Waals surface area contributed by atoms with Gasteiger partial charge in [-0.15, -0.1) is 0 Å². The van der Waals surface area contributed by atoms with E-state index in [0.717, 1.165) is 5.57 Å². The molecule has 1 heteroatoms. The van der Waals surface area contributed by atoms with Crippen LogP contribution in [0.5, 0.6) is 0 Å². The normalized spacial score (nSPS) is 13.4. The molecule has 0 radical (unpaired) electrons. The van der Waals surface area contributed by atoms with Crippen molar-refractivity contribution in [2.24, 2.45) is 0 Å². The van der Waals surface area contributed by atoms with Crippen LogP contribution in [0.15, 0.2) is 37.0 Å². The smallest absolute Gasteiger partial charge is 0.0781 e. The Labute approximate surface area is 62.4 Å². The summed E-state index contributed by atoms with van der Waals surface area (Å²) in [5.41, 5.74) is 0.738. The fourth-order valence-corrected chi connectivity index (χ4v) is 0.565. The van der Waals surface area contributed by atoms with E-state index in [4.69, 9.17) is 5.11 Å². The van der Waals surface area contributed by atoms with Crippen LogP contribution in [0.3, 0.4) is 0 Å². The lowest BCUT2D eigenvalue weighted by Crippen LogP contribution is -2.04. The lowest BCUT2D eigenvalue weighted by molar-refractivity contribution is 0.211. The Kier molecular flexibility index (Phi) is 4.59. The van der Waals surface area contributed by atoms with Crippen LogP contribution in [-0.2, 0) is 0 Å². The van der Waals surface area contributed by atoms with E-state index in [2.05, 4.69) is 13.2 Å². The van der Waals surface area contributed by atoms with Crippen molar-refractivity contribution >= 4 is 0 Å². The average molecular weight is 138 g/mol. The summed E-state index contributed by atoms with van der Waals surface area (Å²) in [6, 6.07) is 0. The van der Waals surface area contributed by atoms with Gasteiger partial charge in [-0.2, -0.15) is 0 Å². The van der Waals surface area contributed by atoms with Crippen LogP contribution in [0.25, 0.3) is 0 Å². The van der Waals surface area contributed by atoms with Crippen molar-refractivity contribution in [3.05, 3.63) is 37.0 Å². The predicted octanol–water partition coefficient (Wildman–Crippen LogP) is 2.06. The Balaban J connectivity index is 3.83. The number of hydrogen-bond acceptors (Lipinski definition) is 1. The predicted molar refractivity (Wildman–Crippen MR) is 44.8 cm³/mol. The molecule has 0 aliphatic heterocycles. The summed E-state index contributed by atoms with van der Waals surface area (Å²) in [5.74, 6) is 0. The first-order chi connectivity index (χ1) is 4.72. The van der Waals surface area contributed by atoms with Crippen LogP contribution in [0.1, 0.15) is 13.3 Å². The highest BCUT2D eigenvalue weighted by molar-refractivity contribution is 5.21. The van der Waals surface area contributed by atoms with Gasteiger partial charge in [0.15, 0.2) is 0 Å². The van der Waals surface area contributed by atoms with E-state index in [1.165, 1.54) is 0 Å². The summed E-state index contributed by atoms with van der Waals surface area (Å²) in [5, 5.41) is 9.17. The van der Waals surface area contributed by atoms with Crippen LogP contribution in [0.2, 0.25) is 0 Å². The molecule has 0 bridgehead atoms. The zero-order chi connectivity index (χ0) is 7.98. The first kappa shape index (κ1) is 9.18. The van der Waals surface area contributed by atoms with Gasteiger partial charge in [-0.05, 0) is 12.0 Å². The van der Waals surface area contributed by atoms with Gasteiger partial charge >= 0.3 is 0 Å². The standard InChI is InChI=1S/C9H14O/c1-4-6-7-8(3)9(10)5-2/h4,6-7,9-10H,1,3,5H2,2H3/b7-6-. The monoisotopic (exact) mass is 138 g/mol. The molecule has 0 fully saturated rings. The largest absolute Gasteiger partial charge is 0.388 e. The van der Waals surface area contributed by atoms with E-state index < -0.39 is 6.10 Å². The minimum absolute atomic E-state index is 0.406. The first-order valence-electron chi connectivity index (χ1n) is 3.38. The maximum atomic E-state index is 9.17. The van der Waals surface area contributed by atoms with Crippen LogP contribution in [0.4, 0.5) is 0 Å². The quantitative estimate of drug-likeness (QED) is 0.589. The summed E-state index contributed by atoms with van der Waals surface area (Å²) in [6.45, 7) is 9.10. The van der Waals surface area contributed by atoms with Gasteiger partial charge in [0, 0.05) is 0 Å². The fraction of sp³-hybridized carbons (Fsp3) is 0.333. The molecular formula is C9H14O. The summed E-state index contributed by atoms with van der Waals surface area (Å²) in [4.78, 5) is 0. The highest BCUT2D eigenvalue weighted by Crippen LogP contribution is 2.04. The molecule has 1 nitrogen and oxygen atoms in total. The SMILES string of the molecule is C=C/C=C\C(=C)C(O)CC. The maximum Gasteiger partial charge on any atom is 0.0781 e. The lowest BCUT2D eigenvalue weighted by Gasteiger charge is -2.05. The van der Waals surface area contributed by atoms with Gasteiger partial charge in [-0.1, -0.05) is 38.3 Å². The number of allylic oxidation sites excluding steroid dienone is 2. The van der Waals surface area contributed by atoms with Crippen LogP contribution in [0, 0.1) is 0 Å². The second-order valence-electron chi connectivity index (χ2n) is 2.09. The highest BCUT2D eigenvalue weighted by Gasteiger charge is 1.99. The topological polar surface area (TPSA) is 20.2 Å². The molecule has 56 valence electrons. The number of hydrogen-bond donors (Lipinski definition) is 1. The lowest BCUT2D eigenvalue weighted by atomic mass is 10.1. The summed E-state index contributed by atoms with van der Waals surface area (Å²) in [6.07, 6.45) is 5.49. The van der Waals surface area contributed by atoms with Crippen LogP contribution < -0.4 is 0 Å². The number of rotatable bonds is 4. The van der Waals surface area contributed by atoms with E-state index in [9.17, 15) is 0 Å². The third kappa shape index (κ3) is 3.25. The van der Waals surface area contributed by atoms with Crippen molar-refractivity contribution in [1.82, 2.24) is 0 Å². The molecule has 0 aromatic rings. The van der Waals surface area contributed by atoms with E-state index in [1.807, 2.05) is 6.92 Å². The molecule has 1 unspecified atom stereocenters. The molecule has 0 aliphatic carbocycles. The Bertz CT molecular complexity index is 145. The second kappa shape index (κ2) is 5.00. The molecule has 0 heterocycles. The molecule has 0 aliphatic rings. The van der Waals surface area contributed by atoms with E-state index in [-0.39, 0.29) is 0 Å². The van der Waals surface area contributed by atoms with Gasteiger partial charge < -0.3 is 5.11 Å². The van der Waals surface area contributed by atoms with Crippen molar-refractivity contribution in [3.63, 3.8) is 0 Å². The van der Waals surface area contributed by atoms with Crippen molar-refractivity contribution in [2.45, 2.75) is 19.4 Å². The zero-order valence-electron chi connectivity index (χ0n) is 6.38. The third-order valence-corrected chi connectivity index (χ3v) is 1.26.